The summed E-state index contributed by atoms with van der Waals surface area (Å²) in [5.74, 6) is 0.208. The Labute approximate surface area is 189 Å². The lowest BCUT2D eigenvalue weighted by atomic mass is 10.1. The molecule has 0 saturated carbocycles. The lowest BCUT2D eigenvalue weighted by Gasteiger charge is -2.50. The van der Waals surface area contributed by atoms with Crippen LogP contribution in [0.4, 0.5) is 0 Å². The van der Waals surface area contributed by atoms with E-state index in [0.717, 1.165) is 17.8 Å². The van der Waals surface area contributed by atoms with Gasteiger partial charge in [-0.1, -0.05) is 65.2 Å². The molecule has 9 heteroatoms. The summed E-state index contributed by atoms with van der Waals surface area (Å²) in [6.07, 6.45) is 3.91. The van der Waals surface area contributed by atoms with E-state index in [1.54, 1.807) is 6.92 Å². The molecule has 0 amide bonds. The Morgan fingerprint density at radius 1 is 0.667 bits per heavy atom. The van der Waals surface area contributed by atoms with Gasteiger partial charge in [0.1, 0.15) is 5.78 Å². The Hall–Kier alpha value is -0.522. The number of hydrazone groups is 2. The zero-order valence-corrected chi connectivity index (χ0v) is 25.4. The fraction of sp³-hybridized carbons (Fsp3) is 0.857. The highest BCUT2D eigenvalue weighted by Gasteiger charge is 2.45. The molecule has 0 aromatic heterocycles. The van der Waals surface area contributed by atoms with Gasteiger partial charge < -0.3 is 8.68 Å². The smallest absolute Gasteiger partial charge is 0.161 e. The van der Waals surface area contributed by atoms with E-state index in [-0.39, 0.29) is 5.78 Å². The van der Waals surface area contributed by atoms with E-state index in [9.17, 15) is 4.79 Å². The number of ketones is 1. The molecule has 2 heterocycles. The quantitative estimate of drug-likeness (QED) is 0.329. The Morgan fingerprint density at radius 3 is 1.40 bits per heavy atom. The SMILES string of the molecule is CC(=O)CC(CC(C)=NN1[Si](C)(C)CCC[Si]1(C)C)=NN1[Si](C)(C)CCC[Si]1(C)C. The highest BCUT2D eigenvalue weighted by atomic mass is 28.4. The zero-order chi connectivity index (χ0) is 23.0. The van der Waals surface area contributed by atoms with Crippen LogP contribution in [-0.2, 0) is 4.79 Å². The van der Waals surface area contributed by atoms with Gasteiger partial charge in [0, 0.05) is 24.3 Å². The molecule has 0 aromatic rings. The van der Waals surface area contributed by atoms with Crippen LogP contribution in [0, 0.1) is 0 Å². The summed E-state index contributed by atoms with van der Waals surface area (Å²) < 4.78 is 5.16. The minimum atomic E-state index is -1.55. The van der Waals surface area contributed by atoms with E-state index in [1.165, 1.54) is 37.0 Å². The second-order valence-electron chi connectivity index (χ2n) is 12.1. The van der Waals surface area contributed by atoms with Crippen LogP contribution in [0.25, 0.3) is 0 Å². The summed E-state index contributed by atoms with van der Waals surface area (Å²) in [7, 11) is -6.07. The maximum Gasteiger partial charge on any atom is 0.161 e. The average Bonchev–Trinajstić information content (AvgIpc) is 2.53. The summed E-state index contributed by atoms with van der Waals surface area (Å²) in [5.41, 5.74) is 2.16. The number of hydrogen-bond donors (Lipinski definition) is 0. The van der Waals surface area contributed by atoms with Crippen LogP contribution < -0.4 is 0 Å². The number of rotatable bonds is 6. The van der Waals surface area contributed by atoms with Gasteiger partial charge in [-0.25, -0.2) is 10.2 Å². The van der Waals surface area contributed by atoms with E-state index < -0.39 is 32.9 Å². The van der Waals surface area contributed by atoms with Gasteiger partial charge in [-0.3, -0.25) is 4.79 Å². The van der Waals surface area contributed by atoms with E-state index in [0.29, 0.717) is 6.42 Å². The van der Waals surface area contributed by atoms with Crippen molar-refractivity contribution in [3.63, 3.8) is 0 Å². The summed E-state index contributed by atoms with van der Waals surface area (Å²) in [5, 5.41) is 10.5. The Morgan fingerprint density at radius 2 is 1.03 bits per heavy atom. The molecule has 0 atom stereocenters. The molecule has 2 rings (SSSR count). The highest BCUT2D eigenvalue weighted by molar-refractivity contribution is 6.92. The van der Waals surface area contributed by atoms with Gasteiger partial charge in [0.2, 0.25) is 0 Å². The normalized spacial score (nSPS) is 25.9. The number of hydrogen-bond acceptors (Lipinski definition) is 5. The molecule has 0 unspecified atom stereocenters. The van der Waals surface area contributed by atoms with Gasteiger partial charge in [-0.2, -0.15) is 0 Å². The first-order valence-electron chi connectivity index (χ1n) is 11.8. The second kappa shape index (κ2) is 9.15. The van der Waals surface area contributed by atoms with Crippen molar-refractivity contribution in [1.82, 2.24) is 8.68 Å². The predicted octanol–water partition coefficient (Wildman–Crippen LogP) is 6.32. The Balaban J connectivity index is 2.34. The number of Topliss-reactive ketones (excluding diaryl/α,β-unsaturated/α-hetero) is 1. The van der Waals surface area contributed by atoms with E-state index in [1.807, 2.05) is 0 Å². The third kappa shape index (κ3) is 6.26. The average molecular weight is 483 g/mol. The Kier molecular flexibility index (Phi) is 7.85. The third-order valence-corrected chi connectivity index (χ3v) is 25.4. The summed E-state index contributed by atoms with van der Waals surface area (Å²) in [6, 6.07) is 5.28. The molecule has 0 aliphatic carbocycles. The van der Waals surface area contributed by atoms with Crippen molar-refractivity contribution in [3.8, 4) is 0 Å². The molecule has 2 aliphatic rings. The van der Waals surface area contributed by atoms with Crippen molar-refractivity contribution in [2.24, 2.45) is 10.2 Å². The van der Waals surface area contributed by atoms with Crippen LogP contribution in [0.5, 0.6) is 0 Å². The molecular weight excluding hydrogens is 437 g/mol. The topological polar surface area (TPSA) is 48.3 Å². The van der Waals surface area contributed by atoms with Crippen LogP contribution in [0.3, 0.4) is 0 Å². The van der Waals surface area contributed by atoms with Crippen LogP contribution >= 0.6 is 0 Å². The lowest BCUT2D eigenvalue weighted by Crippen LogP contribution is -2.62. The van der Waals surface area contributed by atoms with E-state index >= 15 is 0 Å². The minimum Gasteiger partial charge on any atom is -0.349 e. The van der Waals surface area contributed by atoms with Crippen molar-refractivity contribution >= 4 is 50.1 Å². The van der Waals surface area contributed by atoms with Crippen LogP contribution in [-0.4, -0.2) is 58.8 Å². The maximum atomic E-state index is 12.1. The third-order valence-electron chi connectivity index (χ3n) is 6.87. The van der Waals surface area contributed by atoms with Crippen molar-refractivity contribution in [3.05, 3.63) is 0 Å². The van der Waals surface area contributed by atoms with E-state index in [2.05, 4.69) is 68.0 Å². The minimum absolute atomic E-state index is 0.208. The van der Waals surface area contributed by atoms with Gasteiger partial charge in [0.05, 0.1) is 0 Å². The van der Waals surface area contributed by atoms with Crippen LogP contribution in [0.1, 0.15) is 39.5 Å². The first kappa shape index (κ1) is 25.7. The fourth-order valence-corrected chi connectivity index (χ4v) is 27.5. The zero-order valence-electron chi connectivity index (χ0n) is 21.4. The van der Waals surface area contributed by atoms with Crippen LogP contribution in [0.2, 0.25) is 76.6 Å². The van der Waals surface area contributed by atoms with Crippen molar-refractivity contribution < 1.29 is 4.79 Å². The van der Waals surface area contributed by atoms with Crippen LogP contribution in [0.15, 0.2) is 10.2 Å². The van der Waals surface area contributed by atoms with Crippen molar-refractivity contribution in [1.29, 1.82) is 0 Å². The van der Waals surface area contributed by atoms with Gasteiger partial charge in [0.25, 0.3) is 0 Å². The molecule has 30 heavy (non-hydrogen) atoms. The van der Waals surface area contributed by atoms with Gasteiger partial charge >= 0.3 is 0 Å². The molecule has 0 radical (unpaired) electrons. The summed E-state index contributed by atoms with van der Waals surface area (Å²) in [4.78, 5) is 12.1. The summed E-state index contributed by atoms with van der Waals surface area (Å²) in [6.45, 7) is 23.5. The molecular formula is C21H46N4OSi4. The Bertz CT molecular complexity index is 684. The second-order valence-corrected chi connectivity index (χ2v) is 31.2. The van der Waals surface area contributed by atoms with E-state index in [4.69, 9.17) is 10.2 Å². The largest absolute Gasteiger partial charge is 0.349 e. The first-order chi connectivity index (χ1) is 13.6. The molecule has 0 bridgehead atoms. The molecule has 2 aliphatic heterocycles. The molecule has 2 saturated heterocycles. The molecule has 0 N–H and O–H groups in total. The van der Waals surface area contributed by atoms with Gasteiger partial charge in [0.15, 0.2) is 32.9 Å². The molecule has 0 spiro atoms. The monoisotopic (exact) mass is 482 g/mol. The maximum absolute atomic E-state index is 12.1. The van der Waals surface area contributed by atoms with Gasteiger partial charge in [-0.05, 0) is 38.0 Å². The molecule has 5 nitrogen and oxygen atoms in total. The summed E-state index contributed by atoms with van der Waals surface area (Å²) >= 11 is 0. The van der Waals surface area contributed by atoms with Gasteiger partial charge in [-0.15, -0.1) is 0 Å². The number of carbonyl (C=O) groups excluding carboxylic acids is 1. The van der Waals surface area contributed by atoms with Crippen molar-refractivity contribution in [2.45, 2.75) is 116 Å². The predicted molar refractivity (Wildman–Crippen MR) is 143 cm³/mol. The fourth-order valence-electron chi connectivity index (χ4n) is 5.57. The molecule has 2 fully saturated rings. The number of carbonyl (C=O) groups is 1. The first-order valence-corrected chi connectivity index (χ1v) is 24.4. The molecule has 0 aromatic carbocycles. The standard InChI is InChI=1S/C21H46N4OSi4/c1-19(22-24-27(3,4)13-11-14-28(24,5)6)17-21(18-20(2)26)23-25-29(7,8)15-12-16-30(25,9)10/h11-18H2,1-10H3. The van der Waals surface area contributed by atoms with Crippen molar-refractivity contribution in [2.75, 3.05) is 0 Å². The number of nitrogens with zero attached hydrogens (tertiary/aromatic N) is 4. The molecule has 172 valence electrons. The lowest BCUT2D eigenvalue weighted by molar-refractivity contribution is -0.115. The highest BCUT2D eigenvalue weighted by Crippen LogP contribution is 2.36.